The Morgan fingerprint density at radius 3 is 2.36 bits per heavy atom. The monoisotopic (exact) mass is 507 g/mol. The molecule has 4 rings (SSSR count). The molecule has 3 aromatic rings. The summed E-state index contributed by atoms with van der Waals surface area (Å²) >= 11 is 0. The summed E-state index contributed by atoms with van der Waals surface area (Å²) in [6, 6.07) is 5.96. The minimum atomic E-state index is -4.65. The van der Waals surface area contributed by atoms with E-state index in [9.17, 15) is 36.2 Å². The van der Waals surface area contributed by atoms with E-state index in [1.165, 1.54) is 18.5 Å². The van der Waals surface area contributed by atoms with Crippen LogP contribution in [0.5, 0.6) is 5.75 Å². The largest absolute Gasteiger partial charge is 0.488 e. The molecular weight excluding hydrogens is 488 g/mol. The van der Waals surface area contributed by atoms with Gasteiger partial charge in [0.1, 0.15) is 12.4 Å². The molecule has 188 valence electrons. The highest BCUT2D eigenvalue weighted by molar-refractivity contribution is 5.95. The summed E-state index contributed by atoms with van der Waals surface area (Å²) in [5, 5.41) is 9.32. The number of hydrogen-bond donors (Lipinski definition) is 1. The molecule has 4 nitrogen and oxygen atoms in total. The molecule has 1 aliphatic rings. The van der Waals surface area contributed by atoms with Crippen molar-refractivity contribution in [3.05, 3.63) is 94.1 Å². The third-order valence-corrected chi connectivity index (χ3v) is 5.93. The second-order valence-electron chi connectivity index (χ2n) is 8.26. The van der Waals surface area contributed by atoms with E-state index in [1.54, 1.807) is 0 Å². The molecule has 0 saturated carbocycles. The fraction of sp³-hybridized carbons (Fsp3) is 0.231. The highest BCUT2D eigenvalue weighted by Gasteiger charge is 2.32. The molecule has 0 fully saturated rings. The summed E-state index contributed by atoms with van der Waals surface area (Å²) in [6.07, 6.45) is 0.197. The molecule has 0 amide bonds. The predicted molar refractivity (Wildman–Crippen MR) is 119 cm³/mol. The molecule has 2 aromatic carbocycles. The molecule has 0 aliphatic heterocycles. The first-order valence-electron chi connectivity index (χ1n) is 10.9. The third kappa shape index (κ3) is 5.22. The van der Waals surface area contributed by atoms with E-state index in [2.05, 4.69) is 4.98 Å². The van der Waals surface area contributed by atoms with Gasteiger partial charge in [-0.3, -0.25) is 4.98 Å². The van der Waals surface area contributed by atoms with E-state index in [-0.39, 0.29) is 22.4 Å². The molecule has 0 unspecified atom stereocenters. The van der Waals surface area contributed by atoms with Crippen molar-refractivity contribution < 1.29 is 41.0 Å². The van der Waals surface area contributed by atoms with Crippen LogP contribution in [-0.2, 0) is 12.8 Å². The highest BCUT2D eigenvalue weighted by Crippen LogP contribution is 2.43. The maximum atomic E-state index is 14.1. The Balaban J connectivity index is 1.82. The van der Waals surface area contributed by atoms with E-state index in [0.29, 0.717) is 36.0 Å². The van der Waals surface area contributed by atoms with Crippen molar-refractivity contribution in [2.24, 2.45) is 0 Å². The lowest BCUT2D eigenvalue weighted by atomic mass is 9.83. The average Bonchev–Trinajstić information content (AvgIpc) is 2.86. The van der Waals surface area contributed by atoms with E-state index in [0.717, 1.165) is 36.8 Å². The molecule has 1 heterocycles. The number of carbonyl (C=O) groups is 1. The van der Waals surface area contributed by atoms with Crippen LogP contribution in [0, 0.1) is 17.5 Å². The van der Waals surface area contributed by atoms with Crippen LogP contribution in [0.15, 0.2) is 48.8 Å². The number of allylic oxidation sites excluding steroid dienone is 2. The summed E-state index contributed by atoms with van der Waals surface area (Å²) in [6.45, 7) is -0.555. The van der Waals surface area contributed by atoms with Gasteiger partial charge in [-0.2, -0.15) is 13.2 Å². The Morgan fingerprint density at radius 2 is 1.67 bits per heavy atom. The van der Waals surface area contributed by atoms with Gasteiger partial charge in [-0.15, -0.1) is 0 Å². The van der Waals surface area contributed by atoms with Gasteiger partial charge >= 0.3 is 12.1 Å². The number of alkyl halides is 3. The first kappa shape index (κ1) is 25.3. The summed E-state index contributed by atoms with van der Waals surface area (Å²) in [7, 11) is 0. The zero-order chi connectivity index (χ0) is 26.0. The standard InChI is InChI=1S/C26H19F6NO3/c27-21-7-5-14(23(28)24(21)29)13-36-22-8-6-17(26(30,31)32)10-20(22)19-4-2-1-3-18(19)15-9-16(25(34)35)12-33-11-15/h5-12H,1-4,13H2,(H,34,35). The lowest BCUT2D eigenvalue weighted by Crippen LogP contribution is -2.09. The third-order valence-electron chi connectivity index (χ3n) is 5.93. The van der Waals surface area contributed by atoms with Crippen LogP contribution < -0.4 is 4.74 Å². The Labute approximate surface area is 201 Å². The highest BCUT2D eigenvalue weighted by atomic mass is 19.4. The number of ether oxygens (including phenoxy) is 1. The van der Waals surface area contributed by atoms with Crippen LogP contribution in [0.2, 0.25) is 0 Å². The van der Waals surface area contributed by atoms with Crippen molar-refractivity contribution in [3.63, 3.8) is 0 Å². The van der Waals surface area contributed by atoms with Gasteiger partial charge in [-0.1, -0.05) is 0 Å². The summed E-state index contributed by atoms with van der Waals surface area (Å²) in [4.78, 5) is 15.4. The number of aromatic carboxylic acids is 1. The van der Waals surface area contributed by atoms with Gasteiger partial charge in [-0.05, 0) is 78.8 Å². The van der Waals surface area contributed by atoms with Crippen LogP contribution in [0.25, 0.3) is 11.1 Å². The van der Waals surface area contributed by atoms with Gasteiger partial charge in [0.05, 0.1) is 11.1 Å². The average molecular weight is 507 g/mol. The number of hydrogen-bond acceptors (Lipinski definition) is 3. The first-order valence-corrected chi connectivity index (χ1v) is 10.9. The zero-order valence-corrected chi connectivity index (χ0v) is 18.6. The van der Waals surface area contributed by atoms with Crippen molar-refractivity contribution >= 4 is 17.1 Å². The van der Waals surface area contributed by atoms with Gasteiger partial charge in [-0.25, -0.2) is 18.0 Å². The summed E-state index contributed by atoms with van der Waals surface area (Å²) in [5.41, 5.74) is 0.384. The lowest BCUT2D eigenvalue weighted by Gasteiger charge is -2.24. The Kier molecular flexibility index (Phi) is 7.05. The molecule has 0 bridgehead atoms. The van der Waals surface area contributed by atoms with E-state index in [4.69, 9.17) is 4.74 Å². The minimum absolute atomic E-state index is 0.0103. The molecule has 0 atom stereocenters. The molecule has 0 radical (unpaired) electrons. The van der Waals surface area contributed by atoms with Crippen molar-refractivity contribution in [1.82, 2.24) is 4.98 Å². The van der Waals surface area contributed by atoms with E-state index in [1.807, 2.05) is 0 Å². The summed E-state index contributed by atoms with van der Waals surface area (Å²) < 4.78 is 87.3. The number of carboxylic acids is 1. The van der Waals surface area contributed by atoms with Gasteiger partial charge < -0.3 is 9.84 Å². The van der Waals surface area contributed by atoms with Crippen molar-refractivity contribution in [1.29, 1.82) is 0 Å². The first-order chi connectivity index (χ1) is 17.1. The molecule has 0 spiro atoms. The van der Waals surface area contributed by atoms with Gasteiger partial charge in [0.15, 0.2) is 17.5 Å². The SMILES string of the molecule is O=C(O)c1cncc(C2=C(c3cc(C(F)(F)F)ccc3OCc3ccc(F)c(F)c3F)CCCC2)c1. The van der Waals surface area contributed by atoms with Crippen molar-refractivity contribution in [2.75, 3.05) is 0 Å². The predicted octanol–water partition coefficient (Wildman–Crippen LogP) is 7.28. The second-order valence-corrected chi connectivity index (χ2v) is 8.26. The number of carboxylic acid groups (broad SMARTS) is 1. The number of halogens is 6. The van der Waals surface area contributed by atoms with Crippen molar-refractivity contribution in [2.45, 2.75) is 38.5 Å². The molecule has 1 aromatic heterocycles. The second kappa shape index (κ2) is 10.0. The Hall–Kier alpha value is -3.82. The molecule has 10 heteroatoms. The van der Waals surface area contributed by atoms with Crippen LogP contribution >= 0.6 is 0 Å². The number of benzene rings is 2. The van der Waals surface area contributed by atoms with Crippen LogP contribution in [-0.4, -0.2) is 16.1 Å². The molecule has 1 aliphatic carbocycles. The molecule has 1 N–H and O–H groups in total. The Bertz CT molecular complexity index is 1350. The van der Waals surface area contributed by atoms with E-state index >= 15 is 0 Å². The number of rotatable bonds is 6. The smallest absolute Gasteiger partial charge is 0.416 e. The molecular formula is C26H19F6NO3. The zero-order valence-electron chi connectivity index (χ0n) is 18.6. The fourth-order valence-corrected chi connectivity index (χ4v) is 4.14. The number of nitrogens with zero attached hydrogens (tertiary/aromatic N) is 1. The van der Waals surface area contributed by atoms with E-state index < -0.39 is 41.8 Å². The van der Waals surface area contributed by atoms with Gasteiger partial charge in [0.25, 0.3) is 0 Å². The van der Waals surface area contributed by atoms with Crippen LogP contribution in [0.4, 0.5) is 26.3 Å². The maximum Gasteiger partial charge on any atom is 0.416 e. The quantitative estimate of drug-likeness (QED) is 0.281. The molecule has 0 saturated heterocycles. The maximum absolute atomic E-state index is 14.1. The lowest BCUT2D eigenvalue weighted by molar-refractivity contribution is -0.137. The Morgan fingerprint density at radius 1 is 0.944 bits per heavy atom. The molecule has 36 heavy (non-hydrogen) atoms. The van der Waals surface area contributed by atoms with Crippen molar-refractivity contribution in [3.8, 4) is 5.75 Å². The number of aromatic nitrogens is 1. The topological polar surface area (TPSA) is 59.4 Å². The van der Waals surface area contributed by atoms with Gasteiger partial charge in [0, 0.05) is 23.5 Å². The number of pyridine rings is 1. The normalized spacial score (nSPS) is 14.2. The van der Waals surface area contributed by atoms with Crippen LogP contribution in [0.3, 0.4) is 0 Å². The van der Waals surface area contributed by atoms with Crippen LogP contribution in [0.1, 0.15) is 58.3 Å². The summed E-state index contributed by atoms with van der Waals surface area (Å²) in [5.74, 6) is -5.70. The fourth-order valence-electron chi connectivity index (χ4n) is 4.14. The van der Waals surface area contributed by atoms with Gasteiger partial charge in [0.2, 0.25) is 0 Å². The minimum Gasteiger partial charge on any atom is -0.488 e.